The Labute approximate surface area is 226 Å². The van der Waals surface area contributed by atoms with Crippen molar-refractivity contribution in [1.29, 1.82) is 0 Å². The lowest BCUT2D eigenvalue weighted by Crippen LogP contribution is -2.44. The minimum absolute atomic E-state index is 0.0118. The molecule has 39 heavy (non-hydrogen) atoms. The first kappa shape index (κ1) is 30.0. The lowest BCUT2D eigenvalue weighted by molar-refractivity contribution is -0.145. The summed E-state index contributed by atoms with van der Waals surface area (Å²) in [6.45, 7) is 3.65. The molecule has 2 aromatic rings. The van der Waals surface area contributed by atoms with Crippen LogP contribution in [0.3, 0.4) is 0 Å². The maximum Gasteiger partial charge on any atom is 0.416 e. The van der Waals surface area contributed by atoms with Crippen molar-refractivity contribution < 1.29 is 37.0 Å². The molecule has 1 saturated heterocycles. The monoisotopic (exact) mass is 548 g/mol. The highest BCUT2D eigenvalue weighted by Crippen LogP contribution is 2.29. The van der Waals surface area contributed by atoms with Crippen molar-refractivity contribution in [1.82, 2.24) is 10.2 Å². The summed E-state index contributed by atoms with van der Waals surface area (Å²) in [5.41, 5.74) is 0.747. The van der Waals surface area contributed by atoms with E-state index in [1.165, 1.54) is 19.2 Å². The Kier molecular flexibility index (Phi) is 10.8. The first-order valence-electron chi connectivity index (χ1n) is 13.1. The van der Waals surface area contributed by atoms with Gasteiger partial charge in [0.05, 0.1) is 19.3 Å². The van der Waals surface area contributed by atoms with Crippen LogP contribution in [0.1, 0.15) is 49.3 Å². The normalized spacial score (nSPS) is 14.9. The van der Waals surface area contributed by atoms with Crippen LogP contribution in [0.25, 0.3) is 0 Å². The molecule has 1 atom stereocenters. The molecular formula is C29H35F3N2O5. The first-order chi connectivity index (χ1) is 18.6. The number of ether oxygens (including phenoxy) is 2. The first-order valence-corrected chi connectivity index (χ1v) is 13.1. The number of carbonyl (C=O) groups excluding carboxylic acids is 3. The number of carbonyl (C=O) groups is 3. The number of hydrogen-bond acceptors (Lipinski definition) is 5. The van der Waals surface area contributed by atoms with Gasteiger partial charge in [-0.2, -0.15) is 13.2 Å². The molecule has 1 aliphatic heterocycles. The van der Waals surface area contributed by atoms with Gasteiger partial charge in [0.1, 0.15) is 11.8 Å². The van der Waals surface area contributed by atoms with Crippen LogP contribution in [-0.2, 0) is 38.1 Å². The second-order valence-electron chi connectivity index (χ2n) is 9.65. The molecule has 2 amide bonds. The van der Waals surface area contributed by atoms with Crippen molar-refractivity contribution in [2.24, 2.45) is 5.92 Å². The molecule has 212 valence electrons. The molecular weight excluding hydrogens is 513 g/mol. The second-order valence-corrected chi connectivity index (χ2v) is 9.65. The Balaban J connectivity index is 1.44. The van der Waals surface area contributed by atoms with Gasteiger partial charge >= 0.3 is 12.1 Å². The summed E-state index contributed by atoms with van der Waals surface area (Å²) in [4.78, 5) is 39.4. The van der Waals surface area contributed by atoms with Crippen molar-refractivity contribution in [3.8, 4) is 5.75 Å². The van der Waals surface area contributed by atoms with Crippen LogP contribution < -0.4 is 10.1 Å². The molecule has 1 unspecified atom stereocenters. The van der Waals surface area contributed by atoms with Gasteiger partial charge in [-0.15, -0.1) is 0 Å². The zero-order valence-corrected chi connectivity index (χ0v) is 22.3. The Hall–Kier alpha value is -3.56. The number of methoxy groups -OCH3 is 1. The van der Waals surface area contributed by atoms with E-state index in [0.29, 0.717) is 50.9 Å². The van der Waals surface area contributed by atoms with Crippen molar-refractivity contribution >= 4 is 17.8 Å². The molecule has 0 aromatic heterocycles. The standard InChI is InChI=1S/C29H35F3N2O5/c1-3-39-24-11-6-20(7-12-24)8-13-27(36)34-16-14-22(15-17-34)19-26(35)33-25(28(37)38-2)18-21-4-9-23(10-5-21)29(30,31)32/h4-7,9-12,22,25H,3,8,13-19H2,1-2H3,(H,33,35). The lowest BCUT2D eigenvalue weighted by Gasteiger charge is -2.32. The highest BCUT2D eigenvalue weighted by atomic mass is 19.4. The number of esters is 1. The minimum atomic E-state index is -4.45. The van der Waals surface area contributed by atoms with Crippen LogP contribution in [0, 0.1) is 5.92 Å². The zero-order valence-electron chi connectivity index (χ0n) is 22.3. The number of amides is 2. The van der Waals surface area contributed by atoms with E-state index in [4.69, 9.17) is 9.47 Å². The molecule has 1 fully saturated rings. The van der Waals surface area contributed by atoms with E-state index in [2.05, 4.69) is 5.32 Å². The molecule has 3 rings (SSSR count). The fourth-order valence-electron chi connectivity index (χ4n) is 4.63. The third-order valence-electron chi connectivity index (χ3n) is 6.85. The third-order valence-corrected chi connectivity index (χ3v) is 6.85. The van der Waals surface area contributed by atoms with Gasteiger partial charge in [0.25, 0.3) is 0 Å². The summed E-state index contributed by atoms with van der Waals surface area (Å²) in [5, 5.41) is 2.67. The molecule has 1 heterocycles. The maximum atomic E-state index is 12.8. The number of halogens is 3. The summed E-state index contributed by atoms with van der Waals surface area (Å²) in [7, 11) is 1.19. The summed E-state index contributed by atoms with van der Waals surface area (Å²) in [6, 6.07) is 11.2. The fourth-order valence-corrected chi connectivity index (χ4v) is 4.63. The topological polar surface area (TPSA) is 84.9 Å². The molecule has 0 aliphatic carbocycles. The van der Waals surface area contributed by atoms with E-state index in [1.54, 1.807) is 0 Å². The quantitative estimate of drug-likeness (QED) is 0.416. The molecule has 1 N–H and O–H groups in total. The number of likely N-dealkylation sites (tertiary alicyclic amines) is 1. The van der Waals surface area contributed by atoms with Gasteiger partial charge < -0.3 is 19.7 Å². The van der Waals surface area contributed by atoms with Gasteiger partial charge in [0, 0.05) is 32.4 Å². The molecule has 2 aromatic carbocycles. The number of benzene rings is 2. The molecule has 7 nitrogen and oxygen atoms in total. The van der Waals surface area contributed by atoms with Gasteiger partial charge in [0.15, 0.2) is 0 Å². The average molecular weight is 549 g/mol. The van der Waals surface area contributed by atoms with Crippen LogP contribution >= 0.6 is 0 Å². The van der Waals surface area contributed by atoms with E-state index in [-0.39, 0.29) is 30.6 Å². The zero-order chi connectivity index (χ0) is 28.4. The maximum absolute atomic E-state index is 12.8. The highest BCUT2D eigenvalue weighted by Gasteiger charge is 2.31. The average Bonchev–Trinajstić information content (AvgIpc) is 2.92. The lowest BCUT2D eigenvalue weighted by atomic mass is 9.92. The summed E-state index contributed by atoms with van der Waals surface area (Å²) in [6.07, 6.45) is -1.86. The van der Waals surface area contributed by atoms with Crippen LogP contribution in [-0.4, -0.2) is 55.5 Å². The van der Waals surface area contributed by atoms with Gasteiger partial charge in [0.2, 0.25) is 11.8 Å². The number of alkyl halides is 3. The minimum Gasteiger partial charge on any atom is -0.494 e. The van der Waals surface area contributed by atoms with Gasteiger partial charge in [-0.05, 0) is 67.5 Å². The number of nitrogens with zero attached hydrogens (tertiary/aromatic N) is 1. The van der Waals surface area contributed by atoms with Crippen molar-refractivity contribution in [2.75, 3.05) is 26.8 Å². The number of nitrogens with one attached hydrogen (secondary N) is 1. The van der Waals surface area contributed by atoms with E-state index >= 15 is 0 Å². The van der Waals surface area contributed by atoms with Crippen LogP contribution in [0.2, 0.25) is 0 Å². The van der Waals surface area contributed by atoms with Crippen LogP contribution in [0.4, 0.5) is 13.2 Å². The highest BCUT2D eigenvalue weighted by molar-refractivity contribution is 5.84. The summed E-state index contributed by atoms with van der Waals surface area (Å²) >= 11 is 0. The number of aryl methyl sites for hydroxylation is 1. The van der Waals surface area contributed by atoms with E-state index < -0.39 is 23.8 Å². The molecule has 0 saturated carbocycles. The predicted molar refractivity (Wildman–Crippen MR) is 139 cm³/mol. The SMILES string of the molecule is CCOc1ccc(CCC(=O)N2CCC(CC(=O)NC(Cc3ccc(C(F)(F)F)cc3)C(=O)OC)CC2)cc1. The van der Waals surface area contributed by atoms with Crippen LogP contribution in [0.15, 0.2) is 48.5 Å². The molecule has 10 heteroatoms. The molecule has 0 radical (unpaired) electrons. The second kappa shape index (κ2) is 14.0. The number of piperidine rings is 1. The fraction of sp³-hybridized carbons (Fsp3) is 0.483. The van der Waals surface area contributed by atoms with E-state index in [9.17, 15) is 27.6 Å². The summed E-state index contributed by atoms with van der Waals surface area (Å²) in [5.74, 6) is -0.0661. The predicted octanol–water partition coefficient (Wildman–Crippen LogP) is 4.57. The smallest absolute Gasteiger partial charge is 0.416 e. The molecule has 0 spiro atoms. The number of rotatable bonds is 11. The van der Waals surface area contributed by atoms with Gasteiger partial charge in [-0.3, -0.25) is 9.59 Å². The van der Waals surface area contributed by atoms with Crippen molar-refractivity contribution in [3.63, 3.8) is 0 Å². The Morgan fingerprint density at radius 2 is 1.62 bits per heavy atom. The van der Waals surface area contributed by atoms with Crippen LogP contribution in [0.5, 0.6) is 5.75 Å². The van der Waals surface area contributed by atoms with Gasteiger partial charge in [-0.1, -0.05) is 24.3 Å². The Bertz CT molecular complexity index is 1100. The third kappa shape index (κ3) is 9.30. The number of hydrogen-bond donors (Lipinski definition) is 1. The largest absolute Gasteiger partial charge is 0.494 e. The molecule has 0 bridgehead atoms. The van der Waals surface area contributed by atoms with Gasteiger partial charge in [-0.25, -0.2) is 4.79 Å². The van der Waals surface area contributed by atoms with Crippen molar-refractivity contribution in [3.05, 3.63) is 65.2 Å². The van der Waals surface area contributed by atoms with Crippen molar-refractivity contribution in [2.45, 2.75) is 57.7 Å². The molecule has 1 aliphatic rings. The Morgan fingerprint density at radius 1 is 1.00 bits per heavy atom. The Morgan fingerprint density at radius 3 is 2.18 bits per heavy atom. The summed E-state index contributed by atoms with van der Waals surface area (Å²) < 4.78 is 48.7. The van der Waals surface area contributed by atoms with E-state index in [1.807, 2.05) is 36.1 Å². The van der Waals surface area contributed by atoms with E-state index in [0.717, 1.165) is 23.4 Å².